The van der Waals surface area contributed by atoms with Gasteiger partial charge in [0.05, 0.1) is 21.4 Å². The molecule has 0 N–H and O–H groups in total. The Morgan fingerprint density at radius 1 is 1.06 bits per heavy atom. The van der Waals surface area contributed by atoms with Crippen molar-refractivity contribution in [3.63, 3.8) is 0 Å². The second-order valence-corrected chi connectivity index (χ2v) is 11.4. The van der Waals surface area contributed by atoms with Gasteiger partial charge in [0.25, 0.3) is 5.91 Å². The molecule has 2 aromatic carbocycles. The molecule has 0 atom stereocenters. The fourth-order valence-electron chi connectivity index (χ4n) is 3.61. The van der Waals surface area contributed by atoms with Gasteiger partial charge in [-0.15, -0.1) is 0 Å². The number of aryl methyl sites for hydroxylation is 3. The van der Waals surface area contributed by atoms with Gasteiger partial charge >= 0.3 is 0 Å². The Hall–Kier alpha value is -3.08. The van der Waals surface area contributed by atoms with Crippen molar-refractivity contribution in [3.8, 4) is 0 Å². The molecular weight excluding hydrogens is 470 g/mol. The Morgan fingerprint density at radius 2 is 1.76 bits per heavy atom. The highest BCUT2D eigenvalue weighted by Gasteiger charge is 2.23. The van der Waals surface area contributed by atoms with Crippen molar-refractivity contribution in [2.24, 2.45) is 0 Å². The maximum Gasteiger partial charge on any atom is 0.260 e. The van der Waals surface area contributed by atoms with Crippen LogP contribution in [0.2, 0.25) is 0 Å². The number of aromatic nitrogens is 3. The van der Waals surface area contributed by atoms with Crippen molar-refractivity contribution < 1.29 is 13.2 Å². The molecule has 2 aromatic heterocycles. The van der Waals surface area contributed by atoms with Crippen molar-refractivity contribution in [1.29, 1.82) is 0 Å². The predicted octanol–water partition coefficient (Wildman–Crippen LogP) is 4.10. The summed E-state index contributed by atoms with van der Waals surface area (Å²) in [5, 5.41) is 0.632. The number of carbonyl (C=O) groups is 1. The molecule has 8 nitrogen and oxygen atoms in total. The SMILES string of the molecule is Cc1ccc(C)c2sc(N(CCCn3ccnc3)C(=O)c3ccc(S(=O)(=O)N(C)C)cc3)nc12. The number of sulfonamides is 1. The number of benzene rings is 2. The summed E-state index contributed by atoms with van der Waals surface area (Å²) in [5.74, 6) is -0.214. The molecule has 0 unspecified atom stereocenters. The Morgan fingerprint density at radius 3 is 2.38 bits per heavy atom. The van der Waals surface area contributed by atoms with E-state index < -0.39 is 10.0 Å². The second kappa shape index (κ2) is 9.65. The molecule has 0 spiro atoms. The normalized spacial score (nSPS) is 11.9. The lowest BCUT2D eigenvalue weighted by Gasteiger charge is -2.20. The van der Waals surface area contributed by atoms with E-state index in [4.69, 9.17) is 4.98 Å². The Bertz CT molecular complexity index is 1370. The highest BCUT2D eigenvalue weighted by Crippen LogP contribution is 2.34. The van der Waals surface area contributed by atoms with Crippen LogP contribution in [0, 0.1) is 13.8 Å². The molecular formula is C24H27N5O3S2. The first-order valence-electron chi connectivity index (χ1n) is 10.9. The lowest BCUT2D eigenvalue weighted by atomic mass is 10.1. The van der Waals surface area contributed by atoms with Crippen molar-refractivity contribution in [3.05, 3.63) is 71.8 Å². The number of amides is 1. The molecule has 1 amide bonds. The molecule has 0 saturated carbocycles. The summed E-state index contributed by atoms with van der Waals surface area (Å²) in [6.07, 6.45) is 6.08. The van der Waals surface area contributed by atoms with E-state index in [0.29, 0.717) is 30.2 Å². The fraction of sp³-hybridized carbons (Fsp3) is 0.292. The van der Waals surface area contributed by atoms with Crippen LogP contribution in [0.25, 0.3) is 10.2 Å². The van der Waals surface area contributed by atoms with E-state index >= 15 is 0 Å². The number of anilines is 1. The number of hydrogen-bond donors (Lipinski definition) is 0. The van der Waals surface area contributed by atoms with E-state index in [-0.39, 0.29) is 10.8 Å². The topological polar surface area (TPSA) is 88.4 Å². The number of hydrogen-bond acceptors (Lipinski definition) is 6. The number of fused-ring (bicyclic) bond motifs is 1. The minimum Gasteiger partial charge on any atom is -0.337 e. The molecule has 0 aliphatic carbocycles. The maximum absolute atomic E-state index is 13.6. The van der Waals surface area contributed by atoms with E-state index in [9.17, 15) is 13.2 Å². The Balaban J connectivity index is 1.67. The van der Waals surface area contributed by atoms with E-state index in [1.807, 2.05) is 30.7 Å². The van der Waals surface area contributed by atoms with Crippen LogP contribution in [-0.2, 0) is 16.6 Å². The Kier molecular flexibility index (Phi) is 6.83. The van der Waals surface area contributed by atoms with E-state index in [1.165, 1.54) is 37.6 Å². The molecule has 0 bridgehead atoms. The van der Waals surface area contributed by atoms with Crippen LogP contribution >= 0.6 is 11.3 Å². The number of carbonyl (C=O) groups excluding carboxylic acids is 1. The average molecular weight is 498 g/mol. The van der Waals surface area contributed by atoms with E-state index in [1.54, 1.807) is 29.6 Å². The minimum absolute atomic E-state index is 0.145. The van der Waals surface area contributed by atoms with Crippen molar-refractivity contribution in [2.75, 3.05) is 25.5 Å². The third-order valence-electron chi connectivity index (χ3n) is 5.64. The van der Waals surface area contributed by atoms with Crippen molar-refractivity contribution >= 4 is 42.6 Å². The van der Waals surface area contributed by atoms with Gasteiger partial charge in [0.15, 0.2) is 5.13 Å². The molecule has 4 aromatic rings. The molecule has 0 saturated heterocycles. The summed E-state index contributed by atoms with van der Waals surface area (Å²) < 4.78 is 29.0. The second-order valence-electron chi connectivity index (χ2n) is 8.30. The standard InChI is InChI=1S/C24H27N5O3S2/c1-17-6-7-18(2)22-21(17)26-24(33-22)29(14-5-13-28-15-12-25-16-28)23(30)19-8-10-20(11-9-19)34(31,32)27(3)4/h6-12,15-16H,5,13-14H2,1-4H3. The molecule has 34 heavy (non-hydrogen) atoms. The van der Waals surface area contributed by atoms with Crippen LogP contribution in [0.5, 0.6) is 0 Å². The predicted molar refractivity (Wildman–Crippen MR) is 135 cm³/mol. The fourth-order valence-corrected chi connectivity index (χ4v) is 5.65. The first-order chi connectivity index (χ1) is 16.2. The summed E-state index contributed by atoms with van der Waals surface area (Å²) in [6, 6.07) is 10.2. The summed E-state index contributed by atoms with van der Waals surface area (Å²) >= 11 is 1.50. The Labute approximate surface area is 203 Å². The summed E-state index contributed by atoms with van der Waals surface area (Å²) in [6.45, 7) is 5.23. The van der Waals surface area contributed by atoms with Gasteiger partial charge in [-0.1, -0.05) is 23.5 Å². The number of imidazole rings is 1. The lowest BCUT2D eigenvalue weighted by Crippen LogP contribution is -2.32. The van der Waals surface area contributed by atoms with Crippen molar-refractivity contribution in [1.82, 2.24) is 18.8 Å². The van der Waals surface area contributed by atoms with Gasteiger partial charge in [-0.05, 0) is 55.7 Å². The van der Waals surface area contributed by atoms with Crippen LogP contribution in [0.1, 0.15) is 27.9 Å². The summed E-state index contributed by atoms with van der Waals surface area (Å²) in [7, 11) is -0.609. The third-order valence-corrected chi connectivity index (χ3v) is 8.69. The highest BCUT2D eigenvalue weighted by atomic mass is 32.2. The summed E-state index contributed by atoms with van der Waals surface area (Å²) in [5.41, 5.74) is 3.49. The zero-order valence-corrected chi connectivity index (χ0v) is 21.2. The largest absolute Gasteiger partial charge is 0.337 e. The van der Waals surface area contributed by atoms with Crippen LogP contribution in [0.3, 0.4) is 0 Å². The van der Waals surface area contributed by atoms with Gasteiger partial charge < -0.3 is 4.57 Å². The molecule has 2 heterocycles. The monoisotopic (exact) mass is 497 g/mol. The first-order valence-corrected chi connectivity index (χ1v) is 13.1. The van der Waals surface area contributed by atoms with Crippen LogP contribution in [0.4, 0.5) is 5.13 Å². The molecule has 10 heteroatoms. The van der Waals surface area contributed by atoms with Crippen LogP contribution < -0.4 is 4.90 Å². The zero-order valence-electron chi connectivity index (χ0n) is 19.6. The molecule has 178 valence electrons. The van der Waals surface area contributed by atoms with E-state index in [0.717, 1.165) is 25.6 Å². The number of thiazole rings is 1. The highest BCUT2D eigenvalue weighted by molar-refractivity contribution is 7.89. The molecule has 4 rings (SSSR count). The molecule has 0 aliphatic rings. The van der Waals surface area contributed by atoms with Crippen molar-refractivity contribution in [2.45, 2.75) is 31.7 Å². The maximum atomic E-state index is 13.6. The number of nitrogens with zero attached hydrogens (tertiary/aromatic N) is 5. The molecule has 0 radical (unpaired) electrons. The van der Waals surface area contributed by atoms with Gasteiger partial charge in [0, 0.05) is 45.1 Å². The zero-order chi connectivity index (χ0) is 24.5. The first kappa shape index (κ1) is 24.1. The van der Waals surface area contributed by atoms with Gasteiger partial charge in [0.1, 0.15) is 0 Å². The lowest BCUT2D eigenvalue weighted by molar-refractivity contribution is 0.0986. The van der Waals surface area contributed by atoms with Gasteiger partial charge in [-0.25, -0.2) is 22.7 Å². The van der Waals surface area contributed by atoms with Gasteiger partial charge in [-0.2, -0.15) is 0 Å². The smallest absolute Gasteiger partial charge is 0.260 e. The van der Waals surface area contributed by atoms with Crippen LogP contribution in [0.15, 0.2) is 60.0 Å². The van der Waals surface area contributed by atoms with E-state index in [2.05, 4.69) is 11.1 Å². The summed E-state index contributed by atoms with van der Waals surface area (Å²) in [4.78, 5) is 24.3. The number of rotatable bonds is 8. The molecule has 0 aliphatic heterocycles. The quantitative estimate of drug-likeness (QED) is 0.366. The van der Waals surface area contributed by atoms with Gasteiger partial charge in [0.2, 0.25) is 10.0 Å². The van der Waals surface area contributed by atoms with Gasteiger partial charge in [-0.3, -0.25) is 9.69 Å². The minimum atomic E-state index is -3.57. The van der Waals surface area contributed by atoms with Crippen LogP contribution in [-0.4, -0.2) is 53.8 Å². The average Bonchev–Trinajstić information content (AvgIpc) is 3.50. The molecule has 0 fully saturated rings. The third kappa shape index (κ3) is 4.75.